The van der Waals surface area contributed by atoms with Crippen LogP contribution in [-0.2, 0) is 0 Å². The molecular formula is C19H16OS. The maximum atomic E-state index is 5.81. The van der Waals surface area contributed by atoms with Crippen LogP contribution in [0.25, 0.3) is 11.1 Å². The topological polar surface area (TPSA) is 9.23 Å². The molecule has 0 aromatic heterocycles. The van der Waals surface area contributed by atoms with Gasteiger partial charge in [-0.1, -0.05) is 42.5 Å². The molecule has 3 aromatic rings. The lowest BCUT2D eigenvalue weighted by atomic mass is 10.1. The molecule has 0 saturated heterocycles. The first-order valence-electron chi connectivity index (χ1n) is 6.82. The average molecular weight is 292 g/mol. The Kier molecular flexibility index (Phi) is 4.27. The largest absolute Gasteiger partial charge is 0.457 e. The van der Waals surface area contributed by atoms with E-state index in [1.54, 1.807) is 11.8 Å². The fraction of sp³-hybridized carbons (Fsp3) is 0.0526. The van der Waals surface area contributed by atoms with E-state index in [0.717, 1.165) is 11.5 Å². The van der Waals surface area contributed by atoms with Crippen molar-refractivity contribution >= 4 is 11.8 Å². The summed E-state index contributed by atoms with van der Waals surface area (Å²) in [7, 11) is 0. The third kappa shape index (κ3) is 3.47. The van der Waals surface area contributed by atoms with Crippen molar-refractivity contribution in [3.8, 4) is 22.6 Å². The van der Waals surface area contributed by atoms with E-state index in [0.29, 0.717) is 0 Å². The molecule has 1 nitrogen and oxygen atoms in total. The highest BCUT2D eigenvalue weighted by Gasteiger charge is 2.01. The second kappa shape index (κ2) is 6.51. The van der Waals surface area contributed by atoms with Gasteiger partial charge >= 0.3 is 0 Å². The summed E-state index contributed by atoms with van der Waals surface area (Å²) in [5, 5.41) is 0. The van der Waals surface area contributed by atoms with E-state index >= 15 is 0 Å². The van der Waals surface area contributed by atoms with Crippen LogP contribution in [0, 0.1) is 0 Å². The van der Waals surface area contributed by atoms with E-state index < -0.39 is 0 Å². The number of rotatable bonds is 4. The Morgan fingerprint density at radius 3 is 2.10 bits per heavy atom. The summed E-state index contributed by atoms with van der Waals surface area (Å²) in [6.07, 6.45) is 2.09. The Morgan fingerprint density at radius 2 is 1.38 bits per heavy atom. The summed E-state index contributed by atoms with van der Waals surface area (Å²) in [4.78, 5) is 1.28. The molecule has 0 heterocycles. The highest BCUT2D eigenvalue weighted by atomic mass is 32.2. The van der Waals surface area contributed by atoms with Crippen LogP contribution in [0.15, 0.2) is 83.8 Å². The molecule has 0 bridgehead atoms. The number of thioether (sulfide) groups is 1. The number of hydrogen-bond donors (Lipinski definition) is 0. The minimum absolute atomic E-state index is 0.853. The number of para-hydroxylation sites is 1. The van der Waals surface area contributed by atoms with Crippen LogP contribution in [0.2, 0.25) is 0 Å². The molecule has 0 aliphatic rings. The average Bonchev–Trinajstić information content (AvgIpc) is 2.56. The maximum Gasteiger partial charge on any atom is 0.127 e. The zero-order chi connectivity index (χ0) is 14.5. The SMILES string of the molecule is CSc1cccc(-c2ccc(Oc3ccccc3)cc2)c1. The molecule has 0 saturated carbocycles. The highest BCUT2D eigenvalue weighted by molar-refractivity contribution is 7.98. The van der Waals surface area contributed by atoms with Gasteiger partial charge in [0.1, 0.15) is 11.5 Å². The molecule has 3 rings (SSSR count). The Bertz CT molecular complexity index is 705. The van der Waals surface area contributed by atoms with Gasteiger partial charge in [-0.15, -0.1) is 11.8 Å². The molecule has 0 atom stereocenters. The molecule has 0 aliphatic heterocycles. The molecule has 0 N–H and O–H groups in total. The predicted molar refractivity (Wildman–Crippen MR) is 90.2 cm³/mol. The molecule has 21 heavy (non-hydrogen) atoms. The zero-order valence-corrected chi connectivity index (χ0v) is 12.6. The van der Waals surface area contributed by atoms with Crippen molar-refractivity contribution in [1.29, 1.82) is 0 Å². The molecule has 0 amide bonds. The minimum Gasteiger partial charge on any atom is -0.457 e. The van der Waals surface area contributed by atoms with E-state index in [1.807, 2.05) is 42.5 Å². The molecule has 0 spiro atoms. The highest BCUT2D eigenvalue weighted by Crippen LogP contribution is 2.27. The van der Waals surface area contributed by atoms with Crippen molar-refractivity contribution in [2.75, 3.05) is 6.26 Å². The second-order valence-corrected chi connectivity index (χ2v) is 5.55. The van der Waals surface area contributed by atoms with Crippen molar-refractivity contribution in [2.45, 2.75) is 4.90 Å². The summed E-state index contributed by atoms with van der Waals surface area (Å²) in [6.45, 7) is 0. The first kappa shape index (κ1) is 13.8. The van der Waals surface area contributed by atoms with Crippen LogP contribution < -0.4 is 4.74 Å². The molecule has 2 heteroatoms. The van der Waals surface area contributed by atoms with E-state index in [1.165, 1.54) is 16.0 Å². The van der Waals surface area contributed by atoms with Crippen molar-refractivity contribution < 1.29 is 4.74 Å². The van der Waals surface area contributed by atoms with Gasteiger partial charge in [0.05, 0.1) is 0 Å². The van der Waals surface area contributed by atoms with E-state index in [-0.39, 0.29) is 0 Å². The zero-order valence-electron chi connectivity index (χ0n) is 11.8. The first-order valence-corrected chi connectivity index (χ1v) is 8.05. The fourth-order valence-corrected chi connectivity index (χ4v) is 2.60. The van der Waals surface area contributed by atoms with Crippen LogP contribution in [0.1, 0.15) is 0 Å². The molecule has 3 aromatic carbocycles. The molecule has 0 radical (unpaired) electrons. The smallest absolute Gasteiger partial charge is 0.127 e. The molecule has 0 aliphatic carbocycles. The standard InChI is InChI=1S/C19H16OS/c1-21-19-9-5-6-16(14-19)15-10-12-18(13-11-15)20-17-7-3-2-4-8-17/h2-14H,1H3. The minimum atomic E-state index is 0.853. The number of ether oxygens (including phenoxy) is 1. The van der Waals surface area contributed by atoms with Gasteiger partial charge in [0.15, 0.2) is 0 Å². The third-order valence-corrected chi connectivity index (χ3v) is 3.96. The molecular weight excluding hydrogens is 276 g/mol. The van der Waals surface area contributed by atoms with Crippen molar-refractivity contribution in [2.24, 2.45) is 0 Å². The Labute approximate surface area is 129 Å². The van der Waals surface area contributed by atoms with Crippen LogP contribution in [0.5, 0.6) is 11.5 Å². The van der Waals surface area contributed by atoms with E-state index in [9.17, 15) is 0 Å². The van der Waals surface area contributed by atoms with Gasteiger partial charge in [-0.25, -0.2) is 0 Å². The monoisotopic (exact) mass is 292 g/mol. The quantitative estimate of drug-likeness (QED) is 0.556. The van der Waals surface area contributed by atoms with Crippen LogP contribution in [0.4, 0.5) is 0 Å². The molecule has 0 fully saturated rings. The van der Waals surface area contributed by atoms with Gasteiger partial charge in [-0.05, 0) is 53.8 Å². The summed E-state index contributed by atoms with van der Waals surface area (Å²) in [5.41, 5.74) is 2.43. The summed E-state index contributed by atoms with van der Waals surface area (Å²) >= 11 is 1.76. The molecule has 104 valence electrons. The fourth-order valence-electron chi connectivity index (χ4n) is 2.14. The van der Waals surface area contributed by atoms with Crippen molar-refractivity contribution in [3.63, 3.8) is 0 Å². The summed E-state index contributed by atoms with van der Waals surface area (Å²) < 4.78 is 5.81. The van der Waals surface area contributed by atoms with Crippen molar-refractivity contribution in [1.82, 2.24) is 0 Å². The number of benzene rings is 3. The maximum absolute atomic E-state index is 5.81. The first-order chi connectivity index (χ1) is 10.3. The van der Waals surface area contributed by atoms with Crippen molar-refractivity contribution in [3.05, 3.63) is 78.9 Å². The van der Waals surface area contributed by atoms with E-state index in [2.05, 4.69) is 42.7 Å². The Balaban J connectivity index is 1.80. The summed E-state index contributed by atoms with van der Waals surface area (Å²) in [5.74, 6) is 1.71. The Morgan fingerprint density at radius 1 is 0.667 bits per heavy atom. The lowest BCUT2D eigenvalue weighted by Gasteiger charge is -2.07. The third-order valence-electron chi connectivity index (χ3n) is 3.24. The molecule has 0 unspecified atom stereocenters. The van der Waals surface area contributed by atoms with Crippen LogP contribution >= 0.6 is 11.8 Å². The number of hydrogen-bond acceptors (Lipinski definition) is 2. The van der Waals surface area contributed by atoms with Gasteiger partial charge in [0.2, 0.25) is 0 Å². The summed E-state index contributed by atoms with van der Waals surface area (Å²) in [6, 6.07) is 26.6. The van der Waals surface area contributed by atoms with Crippen LogP contribution in [0.3, 0.4) is 0 Å². The van der Waals surface area contributed by atoms with Gasteiger partial charge in [-0.3, -0.25) is 0 Å². The van der Waals surface area contributed by atoms with Crippen LogP contribution in [-0.4, -0.2) is 6.26 Å². The predicted octanol–water partition coefficient (Wildman–Crippen LogP) is 5.87. The van der Waals surface area contributed by atoms with Gasteiger partial charge in [-0.2, -0.15) is 0 Å². The van der Waals surface area contributed by atoms with E-state index in [4.69, 9.17) is 4.74 Å². The van der Waals surface area contributed by atoms with Gasteiger partial charge in [0, 0.05) is 4.90 Å². The lowest BCUT2D eigenvalue weighted by molar-refractivity contribution is 0.483. The lowest BCUT2D eigenvalue weighted by Crippen LogP contribution is -1.84. The normalized spacial score (nSPS) is 10.3. The van der Waals surface area contributed by atoms with Gasteiger partial charge < -0.3 is 4.74 Å². The van der Waals surface area contributed by atoms with Gasteiger partial charge in [0.25, 0.3) is 0 Å². The second-order valence-electron chi connectivity index (χ2n) is 4.67. The Hall–Kier alpha value is -2.19.